The van der Waals surface area contributed by atoms with Gasteiger partial charge in [0.2, 0.25) is 0 Å². The van der Waals surface area contributed by atoms with E-state index < -0.39 is 0 Å². The number of nitrogens with two attached hydrogens (primary N) is 1. The molecule has 66 valence electrons. The van der Waals surface area contributed by atoms with Crippen molar-refractivity contribution in [3.8, 4) is 0 Å². The number of aryl methyl sites for hydroxylation is 1. The molecule has 0 bridgehead atoms. The Labute approximate surface area is 72.4 Å². The van der Waals surface area contributed by atoms with E-state index in [2.05, 4.69) is 17.1 Å². The van der Waals surface area contributed by atoms with Crippen LogP contribution < -0.4 is 5.73 Å². The molecule has 12 heavy (non-hydrogen) atoms. The Morgan fingerprint density at radius 3 is 2.67 bits per heavy atom. The van der Waals surface area contributed by atoms with Crippen LogP contribution in [0.5, 0.6) is 0 Å². The highest BCUT2D eigenvalue weighted by Crippen LogP contribution is 2.36. The van der Waals surface area contributed by atoms with Crippen molar-refractivity contribution in [3.63, 3.8) is 0 Å². The zero-order valence-electron chi connectivity index (χ0n) is 7.43. The average Bonchev–Trinajstić information content (AvgIpc) is 2.59. The average molecular weight is 165 g/mol. The Hall–Kier alpha value is -0.830. The third kappa shape index (κ3) is 1.05. The molecule has 3 heteroatoms. The van der Waals surface area contributed by atoms with Crippen molar-refractivity contribution in [2.45, 2.75) is 38.1 Å². The zero-order valence-corrected chi connectivity index (χ0v) is 7.43. The Balaban J connectivity index is 2.34. The van der Waals surface area contributed by atoms with E-state index in [9.17, 15) is 0 Å². The van der Waals surface area contributed by atoms with Gasteiger partial charge in [0.05, 0.1) is 17.4 Å². The van der Waals surface area contributed by atoms with Crippen LogP contribution in [0.3, 0.4) is 0 Å². The molecule has 1 aliphatic rings. The standard InChI is InChI=1S/C9H15N3/c1-7-6-11-12-8(7)9(10)4-2-3-5-9/h6H,2-5,10H2,1H3,(H,11,12). The van der Waals surface area contributed by atoms with Crippen molar-refractivity contribution >= 4 is 0 Å². The van der Waals surface area contributed by atoms with Gasteiger partial charge in [-0.25, -0.2) is 0 Å². The van der Waals surface area contributed by atoms with Crippen molar-refractivity contribution in [3.05, 3.63) is 17.5 Å². The molecule has 0 saturated heterocycles. The van der Waals surface area contributed by atoms with Gasteiger partial charge in [0.15, 0.2) is 0 Å². The summed E-state index contributed by atoms with van der Waals surface area (Å²) in [5, 5.41) is 7.02. The van der Waals surface area contributed by atoms with E-state index in [1.54, 1.807) is 0 Å². The predicted octanol–water partition coefficient (Wildman–Crippen LogP) is 1.45. The van der Waals surface area contributed by atoms with E-state index in [1.807, 2.05) is 6.20 Å². The maximum absolute atomic E-state index is 6.25. The first-order chi connectivity index (χ1) is 5.72. The quantitative estimate of drug-likeness (QED) is 0.661. The molecule has 1 heterocycles. The molecule has 0 aliphatic heterocycles. The zero-order chi connectivity index (χ0) is 8.60. The molecule has 2 rings (SSSR count). The summed E-state index contributed by atoms with van der Waals surface area (Å²) in [7, 11) is 0. The smallest absolute Gasteiger partial charge is 0.0580 e. The maximum Gasteiger partial charge on any atom is 0.0580 e. The van der Waals surface area contributed by atoms with E-state index in [0.717, 1.165) is 18.5 Å². The van der Waals surface area contributed by atoms with Gasteiger partial charge >= 0.3 is 0 Å². The summed E-state index contributed by atoms with van der Waals surface area (Å²) in [5.74, 6) is 0. The first-order valence-electron chi connectivity index (χ1n) is 4.52. The highest BCUT2D eigenvalue weighted by Gasteiger charge is 2.33. The maximum atomic E-state index is 6.25. The third-order valence-electron chi connectivity index (χ3n) is 2.82. The van der Waals surface area contributed by atoms with Crippen LogP contribution in [0.2, 0.25) is 0 Å². The minimum absolute atomic E-state index is 0.111. The van der Waals surface area contributed by atoms with Crippen molar-refractivity contribution in [2.75, 3.05) is 0 Å². The molecule has 0 atom stereocenters. The second-order valence-corrected chi connectivity index (χ2v) is 3.79. The van der Waals surface area contributed by atoms with E-state index in [-0.39, 0.29) is 5.54 Å². The van der Waals surface area contributed by atoms with E-state index in [0.29, 0.717) is 0 Å². The van der Waals surface area contributed by atoms with Gasteiger partial charge in [0, 0.05) is 0 Å². The largest absolute Gasteiger partial charge is 0.320 e. The lowest BCUT2D eigenvalue weighted by molar-refractivity contribution is 0.444. The molecule has 0 unspecified atom stereocenters. The Kier molecular flexibility index (Phi) is 1.68. The molecule has 1 saturated carbocycles. The molecular formula is C9H15N3. The fourth-order valence-corrected chi connectivity index (χ4v) is 2.11. The number of aromatic nitrogens is 2. The van der Waals surface area contributed by atoms with Crippen molar-refractivity contribution in [1.29, 1.82) is 0 Å². The number of hydrogen-bond acceptors (Lipinski definition) is 2. The first-order valence-corrected chi connectivity index (χ1v) is 4.52. The van der Waals surface area contributed by atoms with Crippen LogP contribution in [0.4, 0.5) is 0 Å². The van der Waals surface area contributed by atoms with Gasteiger partial charge in [-0.3, -0.25) is 5.10 Å². The molecule has 0 amide bonds. The molecule has 1 aromatic heterocycles. The Bertz CT molecular complexity index is 271. The Morgan fingerprint density at radius 2 is 2.17 bits per heavy atom. The third-order valence-corrected chi connectivity index (χ3v) is 2.82. The number of aromatic amines is 1. The summed E-state index contributed by atoms with van der Waals surface area (Å²) in [5.41, 5.74) is 8.48. The van der Waals surface area contributed by atoms with Gasteiger partial charge in [0.25, 0.3) is 0 Å². The lowest BCUT2D eigenvalue weighted by Crippen LogP contribution is -2.34. The van der Waals surface area contributed by atoms with Gasteiger partial charge in [-0.2, -0.15) is 5.10 Å². The SMILES string of the molecule is Cc1cn[nH]c1C1(N)CCCC1. The first kappa shape index (κ1) is 7.80. The summed E-state index contributed by atoms with van der Waals surface area (Å²) in [4.78, 5) is 0. The van der Waals surface area contributed by atoms with Gasteiger partial charge in [-0.05, 0) is 25.3 Å². The Morgan fingerprint density at radius 1 is 1.50 bits per heavy atom. The van der Waals surface area contributed by atoms with Crippen LogP contribution in [-0.4, -0.2) is 10.2 Å². The number of hydrogen-bond donors (Lipinski definition) is 2. The normalized spacial score (nSPS) is 21.5. The van der Waals surface area contributed by atoms with Crippen LogP contribution in [-0.2, 0) is 5.54 Å². The lowest BCUT2D eigenvalue weighted by atomic mass is 9.92. The minimum Gasteiger partial charge on any atom is -0.320 e. The number of nitrogens with zero attached hydrogens (tertiary/aromatic N) is 1. The van der Waals surface area contributed by atoms with Gasteiger partial charge in [-0.1, -0.05) is 12.8 Å². The molecule has 1 fully saturated rings. The summed E-state index contributed by atoms with van der Waals surface area (Å²) in [6, 6.07) is 0. The number of nitrogens with one attached hydrogen (secondary N) is 1. The topological polar surface area (TPSA) is 54.7 Å². The van der Waals surface area contributed by atoms with E-state index in [1.165, 1.54) is 18.4 Å². The molecule has 0 aromatic carbocycles. The number of H-pyrrole nitrogens is 1. The molecular weight excluding hydrogens is 150 g/mol. The predicted molar refractivity (Wildman–Crippen MR) is 47.7 cm³/mol. The van der Waals surface area contributed by atoms with Crippen molar-refractivity contribution in [2.24, 2.45) is 5.73 Å². The van der Waals surface area contributed by atoms with Gasteiger partial charge in [-0.15, -0.1) is 0 Å². The van der Waals surface area contributed by atoms with Crippen LogP contribution in [0.15, 0.2) is 6.20 Å². The van der Waals surface area contributed by atoms with Crippen molar-refractivity contribution < 1.29 is 0 Å². The van der Waals surface area contributed by atoms with Crippen LogP contribution in [0.1, 0.15) is 36.9 Å². The second-order valence-electron chi connectivity index (χ2n) is 3.79. The summed E-state index contributed by atoms with van der Waals surface area (Å²) in [6.07, 6.45) is 6.53. The van der Waals surface area contributed by atoms with E-state index in [4.69, 9.17) is 5.73 Å². The fraction of sp³-hybridized carbons (Fsp3) is 0.667. The van der Waals surface area contributed by atoms with Crippen LogP contribution in [0, 0.1) is 6.92 Å². The highest BCUT2D eigenvalue weighted by molar-refractivity contribution is 5.23. The fourth-order valence-electron chi connectivity index (χ4n) is 2.11. The van der Waals surface area contributed by atoms with Gasteiger partial charge < -0.3 is 5.73 Å². The number of rotatable bonds is 1. The molecule has 1 aromatic rings. The molecule has 0 radical (unpaired) electrons. The summed E-state index contributed by atoms with van der Waals surface area (Å²) < 4.78 is 0. The van der Waals surface area contributed by atoms with Crippen molar-refractivity contribution in [1.82, 2.24) is 10.2 Å². The lowest BCUT2D eigenvalue weighted by Gasteiger charge is -2.22. The summed E-state index contributed by atoms with van der Waals surface area (Å²) in [6.45, 7) is 2.06. The van der Waals surface area contributed by atoms with Crippen LogP contribution in [0.25, 0.3) is 0 Å². The molecule has 0 spiro atoms. The molecule has 3 N–H and O–H groups in total. The van der Waals surface area contributed by atoms with Gasteiger partial charge in [0.1, 0.15) is 0 Å². The van der Waals surface area contributed by atoms with E-state index >= 15 is 0 Å². The molecule has 3 nitrogen and oxygen atoms in total. The molecule has 1 aliphatic carbocycles. The van der Waals surface area contributed by atoms with Crippen LogP contribution >= 0.6 is 0 Å². The monoisotopic (exact) mass is 165 g/mol. The second kappa shape index (κ2) is 2.59. The minimum atomic E-state index is -0.111. The highest BCUT2D eigenvalue weighted by atomic mass is 15.1. The summed E-state index contributed by atoms with van der Waals surface area (Å²) >= 11 is 0.